The van der Waals surface area contributed by atoms with E-state index in [2.05, 4.69) is 15.3 Å². The van der Waals surface area contributed by atoms with Crippen LogP contribution < -0.4 is 10.1 Å². The van der Waals surface area contributed by atoms with Crippen LogP contribution in [0.3, 0.4) is 0 Å². The minimum absolute atomic E-state index is 0.328. The van der Waals surface area contributed by atoms with Crippen LogP contribution in [0.4, 0.5) is 15.9 Å². The van der Waals surface area contributed by atoms with E-state index in [1.54, 1.807) is 30.3 Å². The first kappa shape index (κ1) is 16.3. The molecule has 1 aromatic heterocycles. The predicted molar refractivity (Wildman–Crippen MR) is 101 cm³/mol. The van der Waals surface area contributed by atoms with Crippen LogP contribution in [-0.2, 0) is 0 Å². The topological polar surface area (TPSA) is 47.0 Å². The number of hydrogen-bond acceptors (Lipinski definition) is 4. The highest BCUT2D eigenvalue weighted by molar-refractivity contribution is 6.30. The van der Waals surface area contributed by atoms with Crippen LogP contribution in [-0.4, -0.2) is 9.97 Å². The number of benzene rings is 3. The number of fused-ring (bicyclic) bond motifs is 1. The molecule has 4 rings (SSSR count). The van der Waals surface area contributed by atoms with Crippen molar-refractivity contribution in [1.82, 2.24) is 9.97 Å². The summed E-state index contributed by atoms with van der Waals surface area (Å²) in [5.41, 5.74) is 1.38. The van der Waals surface area contributed by atoms with Crippen molar-refractivity contribution in [1.29, 1.82) is 0 Å². The third-order valence-electron chi connectivity index (χ3n) is 3.76. The zero-order chi connectivity index (χ0) is 17.9. The summed E-state index contributed by atoms with van der Waals surface area (Å²) in [5, 5.41) is 4.63. The van der Waals surface area contributed by atoms with Crippen LogP contribution in [0.2, 0.25) is 5.02 Å². The highest BCUT2D eigenvalue weighted by Gasteiger charge is 2.06. The fourth-order valence-electron chi connectivity index (χ4n) is 2.51. The molecule has 1 N–H and O–H groups in total. The standard InChI is InChI=1S/C20H13ClFN3O/c21-13-1-6-16(7-2-13)26-17-8-4-15(5-9-17)25-20-18-10-3-14(22)11-19(18)23-12-24-20/h1-12H,(H,23,24,25). The molecule has 26 heavy (non-hydrogen) atoms. The second-order valence-electron chi connectivity index (χ2n) is 5.59. The van der Waals surface area contributed by atoms with Gasteiger partial charge in [0, 0.05) is 22.2 Å². The molecule has 0 bridgehead atoms. The first-order chi connectivity index (χ1) is 12.7. The van der Waals surface area contributed by atoms with Gasteiger partial charge in [0.2, 0.25) is 0 Å². The van der Waals surface area contributed by atoms with E-state index in [0.29, 0.717) is 27.9 Å². The Kier molecular flexibility index (Phi) is 4.37. The van der Waals surface area contributed by atoms with E-state index < -0.39 is 0 Å². The molecule has 6 heteroatoms. The zero-order valence-electron chi connectivity index (χ0n) is 13.5. The molecule has 0 radical (unpaired) electrons. The number of ether oxygens (including phenoxy) is 1. The average Bonchev–Trinajstić information content (AvgIpc) is 2.65. The van der Waals surface area contributed by atoms with Gasteiger partial charge in [0.15, 0.2) is 0 Å². The quantitative estimate of drug-likeness (QED) is 0.485. The van der Waals surface area contributed by atoms with Crippen molar-refractivity contribution in [3.05, 3.63) is 83.9 Å². The van der Waals surface area contributed by atoms with Crippen molar-refractivity contribution in [2.45, 2.75) is 0 Å². The summed E-state index contributed by atoms with van der Waals surface area (Å²) < 4.78 is 19.1. The van der Waals surface area contributed by atoms with E-state index in [4.69, 9.17) is 16.3 Å². The second-order valence-corrected chi connectivity index (χ2v) is 6.03. The lowest BCUT2D eigenvalue weighted by molar-refractivity contribution is 0.483. The van der Waals surface area contributed by atoms with Gasteiger partial charge in [-0.05, 0) is 60.7 Å². The molecular formula is C20H13ClFN3O. The number of nitrogens with one attached hydrogen (secondary N) is 1. The van der Waals surface area contributed by atoms with Gasteiger partial charge in [-0.3, -0.25) is 0 Å². The zero-order valence-corrected chi connectivity index (χ0v) is 14.2. The van der Waals surface area contributed by atoms with Crippen LogP contribution in [0.1, 0.15) is 0 Å². The van der Waals surface area contributed by atoms with E-state index in [0.717, 1.165) is 11.1 Å². The molecule has 0 fully saturated rings. The van der Waals surface area contributed by atoms with Gasteiger partial charge in [0.05, 0.1) is 5.52 Å². The lowest BCUT2D eigenvalue weighted by Crippen LogP contribution is -1.96. The molecule has 0 atom stereocenters. The Labute approximate surface area is 154 Å². The summed E-state index contributed by atoms with van der Waals surface area (Å²) in [5.74, 6) is 1.69. The van der Waals surface area contributed by atoms with E-state index in [9.17, 15) is 4.39 Å². The predicted octanol–water partition coefficient (Wildman–Crippen LogP) is 5.96. The first-order valence-electron chi connectivity index (χ1n) is 7.88. The molecule has 128 valence electrons. The smallest absolute Gasteiger partial charge is 0.141 e. The molecule has 1 heterocycles. The van der Waals surface area contributed by atoms with Crippen LogP contribution in [0, 0.1) is 5.82 Å². The fraction of sp³-hybridized carbons (Fsp3) is 0. The molecule has 4 nitrogen and oxygen atoms in total. The molecule has 0 aliphatic heterocycles. The summed E-state index contributed by atoms with van der Waals surface area (Å²) in [6.45, 7) is 0. The number of rotatable bonds is 4. The van der Waals surface area contributed by atoms with Crippen LogP contribution in [0.15, 0.2) is 73.1 Å². The van der Waals surface area contributed by atoms with Gasteiger partial charge in [-0.15, -0.1) is 0 Å². The minimum Gasteiger partial charge on any atom is -0.457 e. The van der Waals surface area contributed by atoms with Gasteiger partial charge in [0.25, 0.3) is 0 Å². The highest BCUT2D eigenvalue weighted by atomic mass is 35.5. The summed E-state index contributed by atoms with van der Waals surface area (Å²) in [4.78, 5) is 8.33. The Morgan fingerprint density at radius 3 is 2.27 bits per heavy atom. The maximum atomic E-state index is 13.3. The van der Waals surface area contributed by atoms with Crippen molar-refractivity contribution < 1.29 is 9.13 Å². The van der Waals surface area contributed by atoms with E-state index in [1.807, 2.05) is 24.3 Å². The normalized spacial score (nSPS) is 10.7. The van der Waals surface area contributed by atoms with Gasteiger partial charge in [-0.1, -0.05) is 11.6 Å². The van der Waals surface area contributed by atoms with Crippen molar-refractivity contribution in [2.24, 2.45) is 0 Å². The molecule has 0 saturated heterocycles. The monoisotopic (exact) mass is 365 g/mol. The van der Waals surface area contributed by atoms with Crippen molar-refractivity contribution >= 4 is 34.0 Å². The number of hydrogen-bond donors (Lipinski definition) is 1. The molecule has 0 spiro atoms. The lowest BCUT2D eigenvalue weighted by Gasteiger charge is -2.10. The van der Waals surface area contributed by atoms with Crippen molar-refractivity contribution in [2.75, 3.05) is 5.32 Å². The molecule has 0 aliphatic rings. The molecule has 4 aromatic rings. The Hall–Kier alpha value is -3.18. The Balaban J connectivity index is 1.53. The SMILES string of the molecule is Fc1ccc2c(Nc3ccc(Oc4ccc(Cl)cc4)cc3)ncnc2c1. The first-order valence-corrected chi connectivity index (χ1v) is 8.26. The van der Waals surface area contributed by atoms with Crippen LogP contribution in [0.5, 0.6) is 11.5 Å². The number of nitrogens with zero attached hydrogens (tertiary/aromatic N) is 2. The summed E-state index contributed by atoms with van der Waals surface area (Å²) in [6, 6.07) is 19.0. The van der Waals surface area contributed by atoms with Gasteiger partial charge in [-0.2, -0.15) is 0 Å². The maximum absolute atomic E-state index is 13.3. The van der Waals surface area contributed by atoms with Gasteiger partial charge in [0.1, 0.15) is 29.5 Å². The Bertz CT molecular complexity index is 1050. The van der Waals surface area contributed by atoms with Crippen molar-refractivity contribution in [3.8, 4) is 11.5 Å². The van der Waals surface area contributed by atoms with E-state index in [-0.39, 0.29) is 5.82 Å². The highest BCUT2D eigenvalue weighted by Crippen LogP contribution is 2.27. The largest absolute Gasteiger partial charge is 0.457 e. The minimum atomic E-state index is -0.328. The summed E-state index contributed by atoms with van der Waals surface area (Å²) in [6.07, 6.45) is 1.40. The van der Waals surface area contributed by atoms with Gasteiger partial charge >= 0.3 is 0 Å². The molecule has 3 aromatic carbocycles. The molecule has 0 aliphatic carbocycles. The van der Waals surface area contributed by atoms with Crippen molar-refractivity contribution in [3.63, 3.8) is 0 Å². The lowest BCUT2D eigenvalue weighted by atomic mass is 10.2. The van der Waals surface area contributed by atoms with Crippen LogP contribution in [0.25, 0.3) is 10.9 Å². The molecule has 0 saturated carbocycles. The average molecular weight is 366 g/mol. The molecular weight excluding hydrogens is 353 g/mol. The summed E-state index contributed by atoms with van der Waals surface area (Å²) in [7, 11) is 0. The Morgan fingerprint density at radius 1 is 0.846 bits per heavy atom. The molecule has 0 amide bonds. The van der Waals surface area contributed by atoms with Gasteiger partial charge in [-0.25, -0.2) is 14.4 Å². The second kappa shape index (κ2) is 6.98. The third-order valence-corrected chi connectivity index (χ3v) is 4.02. The number of halogens is 2. The van der Waals surface area contributed by atoms with Gasteiger partial charge < -0.3 is 10.1 Å². The molecule has 0 unspecified atom stereocenters. The summed E-state index contributed by atoms with van der Waals surface area (Å²) >= 11 is 5.87. The van der Waals surface area contributed by atoms with E-state index >= 15 is 0 Å². The number of aromatic nitrogens is 2. The third kappa shape index (κ3) is 3.58. The number of anilines is 2. The van der Waals surface area contributed by atoms with E-state index in [1.165, 1.54) is 18.5 Å². The fourth-order valence-corrected chi connectivity index (χ4v) is 2.64. The Morgan fingerprint density at radius 2 is 1.54 bits per heavy atom. The maximum Gasteiger partial charge on any atom is 0.141 e. The van der Waals surface area contributed by atoms with Crippen LogP contribution >= 0.6 is 11.6 Å².